The minimum absolute atomic E-state index is 0.0342. The first-order chi connectivity index (χ1) is 15.6. The molecule has 0 aromatic heterocycles. The summed E-state index contributed by atoms with van der Waals surface area (Å²) in [4.78, 5) is 16.5. The molecule has 0 atom stereocenters. The molecule has 2 aromatic rings. The number of nitrogens with zero attached hydrogens (tertiary/aromatic N) is 3. The van der Waals surface area contributed by atoms with Gasteiger partial charge < -0.3 is 14.2 Å². The standard InChI is InChI=1S/C23H22N4O4S/c1-3-20-26-27-21(24)19(22(28)25-23(27)32-20)14-15-4-6-17(7-5-15)30-12-13-31-18-10-8-16(29-2)9-11-18/h4-11,14,24H,3,12-13H2,1-2H3/b19-14-,24-21?. The van der Waals surface area contributed by atoms with Gasteiger partial charge in [0.15, 0.2) is 5.84 Å². The molecule has 164 valence electrons. The molecule has 0 bridgehead atoms. The van der Waals surface area contributed by atoms with Gasteiger partial charge in [0.1, 0.15) is 35.5 Å². The Balaban J connectivity index is 1.33. The summed E-state index contributed by atoms with van der Waals surface area (Å²) in [5.74, 6) is 1.81. The van der Waals surface area contributed by atoms with Crippen molar-refractivity contribution in [2.75, 3.05) is 20.3 Å². The lowest BCUT2D eigenvalue weighted by Crippen LogP contribution is -2.35. The highest BCUT2D eigenvalue weighted by atomic mass is 32.2. The fourth-order valence-electron chi connectivity index (χ4n) is 2.99. The molecule has 0 radical (unpaired) electrons. The molecule has 0 saturated heterocycles. The van der Waals surface area contributed by atoms with Crippen molar-refractivity contribution in [3.63, 3.8) is 0 Å². The van der Waals surface area contributed by atoms with E-state index in [9.17, 15) is 4.79 Å². The van der Waals surface area contributed by atoms with Crippen molar-refractivity contribution in [2.45, 2.75) is 13.3 Å². The third-order valence-electron chi connectivity index (χ3n) is 4.67. The third-order valence-corrected chi connectivity index (χ3v) is 5.72. The first-order valence-corrected chi connectivity index (χ1v) is 10.9. The van der Waals surface area contributed by atoms with Gasteiger partial charge in [0.25, 0.3) is 5.91 Å². The molecule has 1 amide bonds. The number of aliphatic imine (C=N–C) groups is 1. The maximum Gasteiger partial charge on any atom is 0.283 e. The second-order valence-corrected chi connectivity index (χ2v) is 7.85. The highest BCUT2D eigenvalue weighted by molar-refractivity contribution is 8.26. The molecule has 2 heterocycles. The summed E-state index contributed by atoms with van der Waals surface area (Å²) in [5.41, 5.74) is 0.974. The van der Waals surface area contributed by atoms with Crippen LogP contribution in [0.3, 0.4) is 0 Å². The Hall–Kier alpha value is -3.59. The van der Waals surface area contributed by atoms with Crippen LogP contribution in [0.4, 0.5) is 0 Å². The van der Waals surface area contributed by atoms with Crippen LogP contribution in [0, 0.1) is 5.41 Å². The zero-order chi connectivity index (χ0) is 22.5. The number of hydrogen-bond donors (Lipinski definition) is 1. The number of amides is 1. The van der Waals surface area contributed by atoms with Crippen molar-refractivity contribution in [3.8, 4) is 17.2 Å². The lowest BCUT2D eigenvalue weighted by Gasteiger charge is -2.20. The molecule has 2 aliphatic heterocycles. The van der Waals surface area contributed by atoms with Crippen molar-refractivity contribution >= 4 is 39.8 Å². The fourth-order valence-corrected chi connectivity index (χ4v) is 3.82. The molecule has 0 unspecified atom stereocenters. The van der Waals surface area contributed by atoms with Crippen LogP contribution in [0.1, 0.15) is 18.9 Å². The van der Waals surface area contributed by atoms with E-state index in [1.54, 1.807) is 13.2 Å². The number of methoxy groups -OCH3 is 1. The average Bonchev–Trinajstić information content (AvgIpc) is 3.24. The molecule has 2 aliphatic rings. The van der Waals surface area contributed by atoms with Gasteiger partial charge in [-0.2, -0.15) is 15.1 Å². The molecular weight excluding hydrogens is 428 g/mol. The summed E-state index contributed by atoms with van der Waals surface area (Å²) < 4.78 is 16.5. The molecule has 1 N–H and O–H groups in total. The maximum absolute atomic E-state index is 12.4. The number of hydrogen-bond acceptors (Lipinski definition) is 7. The monoisotopic (exact) mass is 450 g/mol. The largest absolute Gasteiger partial charge is 0.497 e. The number of amidine groups is 2. The van der Waals surface area contributed by atoms with Crippen LogP contribution in [0.5, 0.6) is 17.2 Å². The minimum Gasteiger partial charge on any atom is -0.497 e. The van der Waals surface area contributed by atoms with E-state index < -0.39 is 5.91 Å². The Labute approximate surface area is 190 Å². The average molecular weight is 451 g/mol. The van der Waals surface area contributed by atoms with Crippen LogP contribution in [0.2, 0.25) is 0 Å². The Kier molecular flexibility index (Phi) is 6.55. The van der Waals surface area contributed by atoms with Crippen LogP contribution in [0.25, 0.3) is 6.08 Å². The number of fused-ring (bicyclic) bond motifs is 1. The van der Waals surface area contributed by atoms with Crippen molar-refractivity contribution in [3.05, 3.63) is 59.7 Å². The van der Waals surface area contributed by atoms with Crippen molar-refractivity contribution in [1.29, 1.82) is 5.41 Å². The van der Waals surface area contributed by atoms with Crippen LogP contribution in [-0.2, 0) is 4.79 Å². The van der Waals surface area contributed by atoms with E-state index in [4.69, 9.17) is 19.6 Å². The molecule has 0 aliphatic carbocycles. The van der Waals surface area contributed by atoms with Crippen LogP contribution >= 0.6 is 11.8 Å². The van der Waals surface area contributed by atoms with Gasteiger partial charge >= 0.3 is 0 Å². The van der Waals surface area contributed by atoms with Crippen LogP contribution in [-0.4, -0.2) is 47.3 Å². The molecule has 0 saturated carbocycles. The van der Waals surface area contributed by atoms with E-state index >= 15 is 0 Å². The van der Waals surface area contributed by atoms with Gasteiger partial charge in [-0.15, -0.1) is 0 Å². The molecule has 0 fully saturated rings. The zero-order valence-electron chi connectivity index (χ0n) is 17.7. The molecule has 32 heavy (non-hydrogen) atoms. The second kappa shape index (κ2) is 9.69. The van der Waals surface area contributed by atoms with E-state index in [0.717, 1.165) is 28.5 Å². The Morgan fingerprint density at radius 2 is 1.59 bits per heavy atom. The number of nitrogens with one attached hydrogen (secondary N) is 1. The maximum atomic E-state index is 12.4. The normalized spacial score (nSPS) is 16.6. The predicted molar refractivity (Wildman–Crippen MR) is 126 cm³/mol. The smallest absolute Gasteiger partial charge is 0.283 e. The van der Waals surface area contributed by atoms with E-state index in [0.29, 0.717) is 24.1 Å². The lowest BCUT2D eigenvalue weighted by atomic mass is 10.1. The fraction of sp³-hybridized carbons (Fsp3) is 0.217. The topological polar surface area (TPSA) is 96.6 Å². The third kappa shape index (κ3) is 4.83. The Bertz CT molecular complexity index is 1110. The van der Waals surface area contributed by atoms with Crippen molar-refractivity contribution < 1.29 is 19.0 Å². The van der Waals surface area contributed by atoms with Gasteiger partial charge in [0.05, 0.1) is 12.7 Å². The lowest BCUT2D eigenvalue weighted by molar-refractivity contribution is -0.114. The number of hydrazone groups is 1. The predicted octanol–water partition coefficient (Wildman–Crippen LogP) is 4.18. The highest BCUT2D eigenvalue weighted by Crippen LogP contribution is 2.29. The van der Waals surface area contributed by atoms with E-state index in [-0.39, 0.29) is 11.4 Å². The van der Waals surface area contributed by atoms with Gasteiger partial charge in [-0.3, -0.25) is 10.2 Å². The summed E-state index contributed by atoms with van der Waals surface area (Å²) in [5, 5.41) is 15.4. The van der Waals surface area contributed by atoms with E-state index in [1.807, 2.05) is 55.5 Å². The van der Waals surface area contributed by atoms with Gasteiger partial charge in [0, 0.05) is 0 Å². The van der Waals surface area contributed by atoms with Gasteiger partial charge in [-0.25, -0.2) is 0 Å². The molecule has 0 spiro atoms. The molecule has 9 heteroatoms. The summed E-state index contributed by atoms with van der Waals surface area (Å²) in [7, 11) is 1.62. The first-order valence-electron chi connectivity index (χ1n) is 10.1. The molecule has 2 aromatic carbocycles. The Morgan fingerprint density at radius 3 is 2.19 bits per heavy atom. The molecule has 4 rings (SSSR count). The van der Waals surface area contributed by atoms with Gasteiger partial charge in [-0.1, -0.05) is 19.1 Å². The summed E-state index contributed by atoms with van der Waals surface area (Å²) in [6, 6.07) is 14.6. The van der Waals surface area contributed by atoms with Crippen LogP contribution < -0.4 is 14.2 Å². The van der Waals surface area contributed by atoms with E-state index in [1.165, 1.54) is 16.8 Å². The summed E-state index contributed by atoms with van der Waals surface area (Å²) in [6.45, 7) is 2.76. The number of benzene rings is 2. The number of carbonyl (C=O) groups is 1. The van der Waals surface area contributed by atoms with Gasteiger partial charge in [0.2, 0.25) is 5.17 Å². The number of rotatable bonds is 8. The molecular formula is C23H22N4O4S. The summed E-state index contributed by atoms with van der Waals surface area (Å²) in [6.07, 6.45) is 2.37. The Morgan fingerprint density at radius 1 is 1.00 bits per heavy atom. The molecule has 8 nitrogen and oxygen atoms in total. The summed E-state index contributed by atoms with van der Waals surface area (Å²) >= 11 is 1.33. The minimum atomic E-state index is -0.433. The number of carbonyl (C=O) groups excluding carboxylic acids is 1. The number of ether oxygens (including phenoxy) is 3. The zero-order valence-corrected chi connectivity index (χ0v) is 18.5. The first kappa shape index (κ1) is 21.6. The quantitative estimate of drug-likeness (QED) is 0.479. The number of thioether (sulfide) groups is 1. The SMILES string of the molecule is CCC1=NN2C(=N)/C(=C/c3ccc(OCCOc4ccc(OC)cc4)cc3)C(=O)N=C2S1. The highest BCUT2D eigenvalue weighted by Gasteiger charge is 2.34. The van der Waals surface area contributed by atoms with E-state index in [2.05, 4.69) is 10.1 Å². The van der Waals surface area contributed by atoms with Gasteiger partial charge in [-0.05, 0) is 66.2 Å². The second-order valence-electron chi connectivity index (χ2n) is 6.81. The van der Waals surface area contributed by atoms with Crippen LogP contribution in [0.15, 0.2) is 64.2 Å². The van der Waals surface area contributed by atoms with Crippen molar-refractivity contribution in [1.82, 2.24) is 5.01 Å². The van der Waals surface area contributed by atoms with Crippen molar-refractivity contribution in [2.24, 2.45) is 10.1 Å².